The molecule has 0 saturated carbocycles. The zero-order valence-corrected chi connectivity index (χ0v) is 13.5. The molecule has 24 heavy (non-hydrogen) atoms. The van der Waals surface area contributed by atoms with Gasteiger partial charge < -0.3 is 14.5 Å². The van der Waals surface area contributed by atoms with Crippen LogP contribution in [0.1, 0.15) is 5.56 Å². The number of aromatic nitrogens is 1. The third-order valence-corrected chi connectivity index (χ3v) is 3.53. The van der Waals surface area contributed by atoms with Gasteiger partial charge in [0.25, 0.3) is 5.91 Å². The third-order valence-electron chi connectivity index (χ3n) is 3.27. The fourth-order valence-corrected chi connectivity index (χ4v) is 2.22. The molecule has 0 unspecified atom stereocenters. The molecule has 0 bridgehead atoms. The van der Waals surface area contributed by atoms with E-state index in [1.165, 1.54) is 0 Å². The van der Waals surface area contributed by atoms with Crippen LogP contribution < -0.4 is 10.1 Å². The SMILES string of the molecule is O=C(COc1ccc(Cl)cc1)NCc1cncc(-c2ccco2)c1. The van der Waals surface area contributed by atoms with Crippen LogP contribution in [0.15, 0.2) is 65.5 Å². The van der Waals surface area contributed by atoms with Crippen molar-refractivity contribution in [3.8, 4) is 17.1 Å². The molecule has 3 rings (SSSR count). The molecule has 2 heterocycles. The van der Waals surface area contributed by atoms with Gasteiger partial charge in [-0.3, -0.25) is 9.78 Å². The summed E-state index contributed by atoms with van der Waals surface area (Å²) in [4.78, 5) is 16.0. The molecule has 0 aliphatic carbocycles. The summed E-state index contributed by atoms with van der Waals surface area (Å²) in [5.74, 6) is 1.12. The Hall–Kier alpha value is -2.79. The first-order valence-electron chi connectivity index (χ1n) is 7.33. The number of halogens is 1. The predicted molar refractivity (Wildman–Crippen MR) is 90.7 cm³/mol. The van der Waals surface area contributed by atoms with Crippen molar-refractivity contribution in [1.29, 1.82) is 0 Å². The lowest BCUT2D eigenvalue weighted by Gasteiger charge is -2.08. The minimum Gasteiger partial charge on any atom is -0.484 e. The highest BCUT2D eigenvalue weighted by molar-refractivity contribution is 6.30. The van der Waals surface area contributed by atoms with E-state index in [4.69, 9.17) is 20.8 Å². The van der Waals surface area contributed by atoms with E-state index in [-0.39, 0.29) is 12.5 Å². The Labute approximate surface area is 144 Å². The van der Waals surface area contributed by atoms with Crippen LogP contribution in [0.3, 0.4) is 0 Å². The van der Waals surface area contributed by atoms with Gasteiger partial charge >= 0.3 is 0 Å². The van der Waals surface area contributed by atoms with Crippen LogP contribution in [0.4, 0.5) is 0 Å². The minimum atomic E-state index is -0.214. The van der Waals surface area contributed by atoms with Crippen LogP contribution in [0.25, 0.3) is 11.3 Å². The van der Waals surface area contributed by atoms with Gasteiger partial charge in [0.15, 0.2) is 6.61 Å². The van der Waals surface area contributed by atoms with Gasteiger partial charge in [0.1, 0.15) is 11.5 Å². The zero-order valence-electron chi connectivity index (χ0n) is 12.7. The first-order valence-corrected chi connectivity index (χ1v) is 7.71. The first-order chi connectivity index (χ1) is 11.7. The second-order valence-electron chi connectivity index (χ2n) is 5.08. The number of amides is 1. The summed E-state index contributed by atoms with van der Waals surface area (Å²) in [6, 6.07) is 12.4. The lowest BCUT2D eigenvalue weighted by atomic mass is 10.1. The monoisotopic (exact) mass is 342 g/mol. The minimum absolute atomic E-state index is 0.0626. The lowest BCUT2D eigenvalue weighted by molar-refractivity contribution is -0.123. The van der Waals surface area contributed by atoms with Crippen LogP contribution in [0, 0.1) is 0 Å². The Balaban J connectivity index is 1.51. The number of benzene rings is 1. The summed E-state index contributed by atoms with van der Waals surface area (Å²) in [6.45, 7) is 0.303. The van der Waals surface area contributed by atoms with E-state index < -0.39 is 0 Å². The highest BCUT2D eigenvalue weighted by atomic mass is 35.5. The van der Waals surface area contributed by atoms with Gasteiger partial charge in [-0.05, 0) is 48.0 Å². The predicted octanol–water partition coefficient (Wildman–Crippen LogP) is 3.69. The van der Waals surface area contributed by atoms with E-state index >= 15 is 0 Å². The quantitative estimate of drug-likeness (QED) is 0.742. The summed E-state index contributed by atoms with van der Waals surface area (Å²) >= 11 is 5.79. The molecule has 122 valence electrons. The number of pyridine rings is 1. The number of hydrogen-bond donors (Lipinski definition) is 1. The van der Waals surface area contributed by atoms with Crippen molar-refractivity contribution in [3.63, 3.8) is 0 Å². The van der Waals surface area contributed by atoms with Gasteiger partial charge in [0.2, 0.25) is 0 Å². The second-order valence-corrected chi connectivity index (χ2v) is 5.51. The Kier molecular flexibility index (Phi) is 5.13. The molecule has 0 spiro atoms. The molecule has 6 heteroatoms. The fraction of sp³-hybridized carbons (Fsp3) is 0.111. The number of nitrogens with one attached hydrogen (secondary N) is 1. The van der Waals surface area contributed by atoms with Crippen LogP contribution in [0.5, 0.6) is 5.75 Å². The van der Waals surface area contributed by atoms with Crippen molar-refractivity contribution >= 4 is 17.5 Å². The summed E-state index contributed by atoms with van der Waals surface area (Å²) < 4.78 is 10.7. The fourth-order valence-electron chi connectivity index (χ4n) is 2.09. The first kappa shape index (κ1) is 16.1. The topological polar surface area (TPSA) is 64.4 Å². The summed E-state index contributed by atoms with van der Waals surface area (Å²) in [7, 11) is 0. The molecule has 1 amide bonds. The molecule has 1 aromatic carbocycles. The molecule has 1 N–H and O–H groups in total. The molecule has 0 fully saturated rings. The lowest BCUT2D eigenvalue weighted by Crippen LogP contribution is -2.28. The zero-order chi connectivity index (χ0) is 16.8. The van der Waals surface area contributed by atoms with Crippen LogP contribution in [0.2, 0.25) is 5.02 Å². The second kappa shape index (κ2) is 7.66. The molecular weight excluding hydrogens is 328 g/mol. The highest BCUT2D eigenvalue weighted by Gasteiger charge is 2.06. The maximum absolute atomic E-state index is 11.9. The largest absolute Gasteiger partial charge is 0.484 e. The van der Waals surface area contributed by atoms with Gasteiger partial charge in [-0.15, -0.1) is 0 Å². The van der Waals surface area contributed by atoms with Gasteiger partial charge in [-0.2, -0.15) is 0 Å². The van der Waals surface area contributed by atoms with E-state index in [1.807, 2.05) is 18.2 Å². The van der Waals surface area contributed by atoms with E-state index in [2.05, 4.69) is 10.3 Å². The number of nitrogens with zero attached hydrogens (tertiary/aromatic N) is 1. The molecule has 5 nitrogen and oxygen atoms in total. The molecule has 2 aromatic heterocycles. The maximum atomic E-state index is 11.9. The average Bonchev–Trinajstić information content (AvgIpc) is 3.14. The standard InChI is InChI=1S/C18H15ClN2O3/c19-15-3-5-16(6-4-15)24-12-18(22)21-10-13-8-14(11-20-9-13)17-2-1-7-23-17/h1-9,11H,10,12H2,(H,21,22). The average molecular weight is 343 g/mol. The summed E-state index contributed by atoms with van der Waals surface area (Å²) in [5.41, 5.74) is 1.74. The summed E-state index contributed by atoms with van der Waals surface area (Å²) in [6.07, 6.45) is 5.03. The van der Waals surface area contributed by atoms with E-state index in [1.54, 1.807) is 42.9 Å². The summed E-state index contributed by atoms with van der Waals surface area (Å²) in [5, 5.41) is 3.41. The maximum Gasteiger partial charge on any atom is 0.258 e. The number of ether oxygens (including phenoxy) is 1. The number of carbonyl (C=O) groups is 1. The molecular formula is C18H15ClN2O3. The van der Waals surface area contributed by atoms with Gasteiger partial charge in [0.05, 0.1) is 6.26 Å². The highest BCUT2D eigenvalue weighted by Crippen LogP contribution is 2.19. The van der Waals surface area contributed by atoms with Crippen molar-refractivity contribution < 1.29 is 13.9 Å². The molecule has 0 aliphatic heterocycles. The molecule has 0 atom stereocenters. The Morgan fingerprint density at radius 1 is 1.21 bits per heavy atom. The molecule has 0 radical (unpaired) electrons. The van der Waals surface area contributed by atoms with E-state index in [0.29, 0.717) is 17.3 Å². The normalized spacial score (nSPS) is 10.4. The molecule has 3 aromatic rings. The van der Waals surface area contributed by atoms with Gasteiger partial charge in [0, 0.05) is 29.5 Å². The number of hydrogen-bond acceptors (Lipinski definition) is 4. The Morgan fingerprint density at radius 2 is 2.04 bits per heavy atom. The number of carbonyl (C=O) groups excluding carboxylic acids is 1. The van der Waals surface area contributed by atoms with E-state index in [9.17, 15) is 4.79 Å². The Morgan fingerprint density at radius 3 is 2.79 bits per heavy atom. The molecule has 0 saturated heterocycles. The van der Waals surface area contributed by atoms with E-state index in [0.717, 1.165) is 16.9 Å². The van der Waals surface area contributed by atoms with Gasteiger partial charge in [-0.1, -0.05) is 11.6 Å². The van der Waals surface area contributed by atoms with Crippen molar-refractivity contribution in [1.82, 2.24) is 10.3 Å². The Bertz CT molecular complexity index is 801. The van der Waals surface area contributed by atoms with Crippen LogP contribution >= 0.6 is 11.6 Å². The van der Waals surface area contributed by atoms with Crippen LogP contribution in [-0.4, -0.2) is 17.5 Å². The third kappa shape index (κ3) is 4.36. The van der Waals surface area contributed by atoms with Crippen molar-refractivity contribution in [2.24, 2.45) is 0 Å². The number of rotatable bonds is 6. The smallest absolute Gasteiger partial charge is 0.258 e. The van der Waals surface area contributed by atoms with Crippen molar-refractivity contribution in [2.45, 2.75) is 6.54 Å². The molecule has 0 aliphatic rings. The number of furan rings is 1. The van der Waals surface area contributed by atoms with Crippen LogP contribution in [-0.2, 0) is 11.3 Å². The van der Waals surface area contributed by atoms with Gasteiger partial charge in [-0.25, -0.2) is 0 Å². The van der Waals surface area contributed by atoms with Crippen molar-refractivity contribution in [2.75, 3.05) is 6.61 Å². The van der Waals surface area contributed by atoms with Crippen molar-refractivity contribution in [3.05, 3.63) is 71.7 Å².